The molecule has 0 heterocycles. The maximum absolute atomic E-state index is 11.8. The SMILES string of the molecule is CCSCCCNC(=O)c1ccc(OC)c(Br)c1. The van der Waals surface area contributed by atoms with Gasteiger partial charge in [0.25, 0.3) is 5.91 Å². The molecule has 100 valence electrons. The molecule has 18 heavy (non-hydrogen) atoms. The lowest BCUT2D eigenvalue weighted by molar-refractivity contribution is 0.0953. The lowest BCUT2D eigenvalue weighted by atomic mass is 10.2. The summed E-state index contributed by atoms with van der Waals surface area (Å²) in [6, 6.07) is 5.32. The molecule has 0 saturated heterocycles. The largest absolute Gasteiger partial charge is 0.496 e. The second-order valence-electron chi connectivity index (χ2n) is 3.66. The third kappa shape index (κ3) is 4.90. The van der Waals surface area contributed by atoms with Crippen molar-refractivity contribution < 1.29 is 9.53 Å². The Balaban J connectivity index is 2.44. The number of rotatable bonds is 7. The van der Waals surface area contributed by atoms with E-state index >= 15 is 0 Å². The van der Waals surface area contributed by atoms with Crippen molar-refractivity contribution >= 4 is 33.6 Å². The number of hydrogen-bond acceptors (Lipinski definition) is 3. The predicted octanol–water partition coefficient (Wildman–Crippen LogP) is 3.33. The molecule has 0 aromatic heterocycles. The second-order valence-corrected chi connectivity index (χ2v) is 5.90. The van der Waals surface area contributed by atoms with Gasteiger partial charge in [0.05, 0.1) is 11.6 Å². The van der Waals surface area contributed by atoms with E-state index in [9.17, 15) is 4.79 Å². The Morgan fingerprint density at radius 2 is 2.28 bits per heavy atom. The summed E-state index contributed by atoms with van der Waals surface area (Å²) in [7, 11) is 1.60. The predicted molar refractivity (Wildman–Crippen MR) is 80.6 cm³/mol. The van der Waals surface area contributed by atoms with Crippen LogP contribution in [0, 0.1) is 0 Å². The molecule has 0 spiro atoms. The van der Waals surface area contributed by atoms with Gasteiger partial charge in [-0.05, 0) is 52.1 Å². The maximum Gasteiger partial charge on any atom is 0.251 e. The summed E-state index contributed by atoms with van der Waals surface area (Å²) in [5, 5.41) is 2.91. The van der Waals surface area contributed by atoms with E-state index in [0.717, 1.165) is 34.7 Å². The van der Waals surface area contributed by atoms with Gasteiger partial charge < -0.3 is 10.1 Å². The normalized spacial score (nSPS) is 10.2. The van der Waals surface area contributed by atoms with E-state index in [0.29, 0.717) is 5.56 Å². The highest BCUT2D eigenvalue weighted by Gasteiger charge is 2.07. The van der Waals surface area contributed by atoms with Crippen molar-refractivity contribution in [3.05, 3.63) is 28.2 Å². The molecule has 3 nitrogen and oxygen atoms in total. The summed E-state index contributed by atoms with van der Waals surface area (Å²) in [6.07, 6.45) is 1.00. The number of ether oxygens (including phenoxy) is 1. The van der Waals surface area contributed by atoms with Crippen LogP contribution in [0.25, 0.3) is 0 Å². The molecular formula is C13H18BrNO2S. The van der Waals surface area contributed by atoms with Crippen LogP contribution in [0.3, 0.4) is 0 Å². The van der Waals surface area contributed by atoms with Crippen molar-refractivity contribution in [2.75, 3.05) is 25.2 Å². The molecule has 1 N–H and O–H groups in total. The molecule has 0 aliphatic rings. The molecule has 0 radical (unpaired) electrons. The van der Waals surface area contributed by atoms with E-state index in [2.05, 4.69) is 28.2 Å². The molecule has 1 aromatic rings. The number of benzene rings is 1. The van der Waals surface area contributed by atoms with Crippen LogP contribution in [0.5, 0.6) is 5.75 Å². The summed E-state index contributed by atoms with van der Waals surface area (Å²) in [4.78, 5) is 11.8. The quantitative estimate of drug-likeness (QED) is 0.779. The molecule has 0 aliphatic heterocycles. The Morgan fingerprint density at radius 1 is 1.50 bits per heavy atom. The van der Waals surface area contributed by atoms with Gasteiger partial charge in [0.2, 0.25) is 0 Å². The highest BCUT2D eigenvalue weighted by atomic mass is 79.9. The number of amides is 1. The number of halogens is 1. The van der Waals surface area contributed by atoms with Gasteiger partial charge >= 0.3 is 0 Å². The molecule has 5 heteroatoms. The summed E-state index contributed by atoms with van der Waals surface area (Å²) in [5.74, 6) is 2.90. The van der Waals surface area contributed by atoms with Crippen LogP contribution < -0.4 is 10.1 Å². The minimum absolute atomic E-state index is 0.0418. The van der Waals surface area contributed by atoms with E-state index in [1.165, 1.54) is 0 Å². The van der Waals surface area contributed by atoms with Gasteiger partial charge in [-0.2, -0.15) is 11.8 Å². The van der Waals surface area contributed by atoms with Gasteiger partial charge in [0.15, 0.2) is 0 Å². The van der Waals surface area contributed by atoms with Gasteiger partial charge in [-0.3, -0.25) is 4.79 Å². The van der Waals surface area contributed by atoms with Gasteiger partial charge in [0.1, 0.15) is 5.75 Å². The fourth-order valence-electron chi connectivity index (χ4n) is 1.43. The van der Waals surface area contributed by atoms with E-state index in [1.54, 1.807) is 25.3 Å². The Morgan fingerprint density at radius 3 is 2.89 bits per heavy atom. The Labute approximate surface area is 121 Å². The molecule has 0 fully saturated rings. The third-order valence-corrected chi connectivity index (χ3v) is 3.97. The lowest BCUT2D eigenvalue weighted by Gasteiger charge is -2.07. The van der Waals surface area contributed by atoms with Crippen molar-refractivity contribution in [3.8, 4) is 5.75 Å². The van der Waals surface area contributed by atoms with Gasteiger partial charge in [0, 0.05) is 12.1 Å². The minimum atomic E-state index is -0.0418. The summed E-state index contributed by atoms with van der Waals surface area (Å²) in [5.41, 5.74) is 0.644. The fourth-order valence-corrected chi connectivity index (χ4v) is 2.61. The third-order valence-electron chi connectivity index (χ3n) is 2.37. The number of carbonyl (C=O) groups is 1. The van der Waals surface area contributed by atoms with Crippen molar-refractivity contribution in [3.63, 3.8) is 0 Å². The van der Waals surface area contributed by atoms with Crippen molar-refractivity contribution in [1.82, 2.24) is 5.32 Å². The molecule has 0 saturated carbocycles. The molecule has 0 unspecified atom stereocenters. The summed E-state index contributed by atoms with van der Waals surface area (Å²) < 4.78 is 5.91. The smallest absolute Gasteiger partial charge is 0.251 e. The first-order valence-electron chi connectivity index (χ1n) is 5.88. The van der Waals surface area contributed by atoms with Crippen molar-refractivity contribution in [2.45, 2.75) is 13.3 Å². The monoisotopic (exact) mass is 331 g/mol. The van der Waals surface area contributed by atoms with Crippen LogP contribution in [-0.4, -0.2) is 31.1 Å². The van der Waals surface area contributed by atoms with E-state index < -0.39 is 0 Å². The highest BCUT2D eigenvalue weighted by molar-refractivity contribution is 9.10. The zero-order valence-electron chi connectivity index (χ0n) is 10.7. The van der Waals surface area contributed by atoms with Crippen molar-refractivity contribution in [1.29, 1.82) is 0 Å². The number of nitrogens with one attached hydrogen (secondary N) is 1. The molecule has 0 bridgehead atoms. The Bertz CT molecular complexity index is 399. The fraction of sp³-hybridized carbons (Fsp3) is 0.462. The molecule has 0 atom stereocenters. The van der Waals surface area contributed by atoms with Crippen LogP contribution in [-0.2, 0) is 0 Å². The van der Waals surface area contributed by atoms with Crippen LogP contribution in [0.2, 0.25) is 0 Å². The number of methoxy groups -OCH3 is 1. The van der Waals surface area contributed by atoms with Crippen molar-refractivity contribution in [2.24, 2.45) is 0 Å². The molecule has 1 amide bonds. The Kier molecular flexibility index (Phi) is 7.20. The zero-order valence-corrected chi connectivity index (χ0v) is 13.1. The van der Waals surface area contributed by atoms with Gasteiger partial charge in [-0.25, -0.2) is 0 Å². The number of carbonyl (C=O) groups excluding carboxylic acids is 1. The highest BCUT2D eigenvalue weighted by Crippen LogP contribution is 2.25. The standard InChI is InChI=1S/C13H18BrNO2S/c1-3-18-8-4-7-15-13(16)10-5-6-12(17-2)11(14)9-10/h5-6,9H,3-4,7-8H2,1-2H3,(H,15,16). The first-order valence-corrected chi connectivity index (χ1v) is 7.83. The number of hydrogen-bond donors (Lipinski definition) is 1. The van der Waals surface area contributed by atoms with Crippen LogP contribution in [0.4, 0.5) is 0 Å². The van der Waals surface area contributed by atoms with E-state index in [-0.39, 0.29) is 5.91 Å². The maximum atomic E-state index is 11.8. The topological polar surface area (TPSA) is 38.3 Å². The number of thioether (sulfide) groups is 1. The average Bonchev–Trinajstić information content (AvgIpc) is 2.38. The average molecular weight is 332 g/mol. The van der Waals surface area contributed by atoms with E-state index in [1.807, 2.05) is 11.8 Å². The second kappa shape index (κ2) is 8.43. The van der Waals surface area contributed by atoms with E-state index in [4.69, 9.17) is 4.74 Å². The van der Waals surface area contributed by atoms with Crippen LogP contribution in [0.1, 0.15) is 23.7 Å². The van der Waals surface area contributed by atoms with Crippen LogP contribution in [0.15, 0.2) is 22.7 Å². The minimum Gasteiger partial charge on any atom is -0.496 e. The molecule has 0 aliphatic carbocycles. The molecule has 1 rings (SSSR count). The molecule has 1 aromatic carbocycles. The van der Waals surface area contributed by atoms with Gasteiger partial charge in [-0.1, -0.05) is 6.92 Å². The summed E-state index contributed by atoms with van der Waals surface area (Å²) in [6.45, 7) is 2.85. The molecular weight excluding hydrogens is 314 g/mol. The first-order chi connectivity index (χ1) is 8.69. The first kappa shape index (κ1) is 15.4. The summed E-state index contributed by atoms with van der Waals surface area (Å²) >= 11 is 5.26. The zero-order chi connectivity index (χ0) is 13.4. The van der Waals surface area contributed by atoms with Gasteiger partial charge in [-0.15, -0.1) is 0 Å². The Hall–Kier alpha value is -0.680. The lowest BCUT2D eigenvalue weighted by Crippen LogP contribution is -2.24. The van der Waals surface area contributed by atoms with Crippen LogP contribution >= 0.6 is 27.7 Å².